The molecule has 3 rings (SSSR count). The van der Waals surface area contributed by atoms with Gasteiger partial charge in [0.1, 0.15) is 5.69 Å². The molecule has 3 aromatic rings. The van der Waals surface area contributed by atoms with Gasteiger partial charge >= 0.3 is 23.2 Å². The van der Waals surface area contributed by atoms with Crippen molar-refractivity contribution in [2.75, 3.05) is 0 Å². The van der Waals surface area contributed by atoms with E-state index in [1.807, 2.05) is 30.3 Å². The molecule has 0 aliphatic carbocycles. The number of nitrogens with zero attached hydrogens (tertiary/aromatic N) is 1. The van der Waals surface area contributed by atoms with E-state index < -0.39 is 11.9 Å². The average molecular weight is 320 g/mol. The van der Waals surface area contributed by atoms with Gasteiger partial charge < -0.3 is 0 Å². The average Bonchev–Trinajstić information content (AvgIpc) is 3.13. The van der Waals surface area contributed by atoms with E-state index in [4.69, 9.17) is 0 Å². The van der Waals surface area contributed by atoms with E-state index in [1.54, 1.807) is 24.3 Å². The number of rotatable bonds is 1. The summed E-state index contributed by atoms with van der Waals surface area (Å²) in [6, 6.07) is 17.9. The molecule has 0 saturated heterocycles. The number of hydrogen-bond donors (Lipinski definition) is 1. The molecule has 0 unspecified atom stereocenters. The first kappa shape index (κ1) is 16.3. The Morgan fingerprint density at radius 1 is 1.05 bits per heavy atom. The molecule has 2 nitrogen and oxygen atoms in total. The Morgan fingerprint density at radius 3 is 2.05 bits per heavy atom. The number of H-pyrrole nitrogens is 1. The third kappa shape index (κ3) is 4.40. The summed E-state index contributed by atoms with van der Waals surface area (Å²) in [5.41, 5.74) is 0.184. The van der Waals surface area contributed by atoms with E-state index in [2.05, 4.69) is 10.2 Å². The molecule has 1 N–H and O–H groups in total. The van der Waals surface area contributed by atoms with Crippen LogP contribution >= 0.6 is 0 Å². The number of aromatic amines is 1. The van der Waals surface area contributed by atoms with Gasteiger partial charge in [-0.25, -0.2) is 12.1 Å². The molecule has 0 amide bonds. The van der Waals surface area contributed by atoms with Crippen molar-refractivity contribution < 1.29 is 30.2 Å². The smallest absolute Gasteiger partial charge is 0.297 e. The Labute approximate surface area is 124 Å². The van der Waals surface area contributed by atoms with E-state index >= 15 is 0 Å². The Hall–Kier alpha value is -1.78. The van der Waals surface area contributed by atoms with Crippen molar-refractivity contribution >= 4 is 0 Å². The van der Waals surface area contributed by atoms with Gasteiger partial charge in [-0.15, -0.1) is 12.1 Å². The Balaban J connectivity index is 0.000000283. The zero-order chi connectivity index (χ0) is 13.7. The molecule has 1 aromatic heterocycles. The van der Waals surface area contributed by atoms with Crippen LogP contribution in [0, 0.1) is 0 Å². The van der Waals surface area contributed by atoms with Crippen LogP contribution in [0.2, 0.25) is 0 Å². The molecular formula is C14H11F3FeN2. The van der Waals surface area contributed by atoms with Crippen LogP contribution in [0.5, 0.6) is 0 Å². The van der Waals surface area contributed by atoms with Crippen molar-refractivity contribution in [1.82, 2.24) is 10.2 Å². The zero-order valence-corrected chi connectivity index (χ0v) is 11.3. The standard InChI is InChI=1S/C9H6F3N2.C5H5.Fe/c10-9(11,12)8-5-7(13-14-8)6-3-1-2-4-6;1-2-4-5-3-1;/h1-5H,(H,13,14);1-5H;/q2*-1;+2. The fourth-order valence-electron chi connectivity index (χ4n) is 1.49. The summed E-state index contributed by atoms with van der Waals surface area (Å²) in [6.45, 7) is 0. The minimum atomic E-state index is -4.39. The molecule has 0 spiro atoms. The number of alkyl halides is 3. The summed E-state index contributed by atoms with van der Waals surface area (Å²) in [4.78, 5) is 0. The SMILES string of the molecule is FC(F)(F)c1cc(-[c-]2cccc2)[nH]n1.[Fe+2].c1cc[cH-]c1. The summed E-state index contributed by atoms with van der Waals surface area (Å²) in [5.74, 6) is 0. The Morgan fingerprint density at radius 2 is 1.65 bits per heavy atom. The van der Waals surface area contributed by atoms with Crippen LogP contribution in [0.25, 0.3) is 11.3 Å². The first-order chi connectivity index (χ1) is 9.07. The maximum Gasteiger partial charge on any atom is 2.00 e. The largest absolute Gasteiger partial charge is 2.00 e. The molecule has 0 fully saturated rings. The number of aromatic nitrogens is 2. The van der Waals surface area contributed by atoms with Gasteiger partial charge in [-0.1, -0.05) is 11.6 Å². The van der Waals surface area contributed by atoms with Crippen molar-refractivity contribution in [3.63, 3.8) is 0 Å². The molecule has 0 bridgehead atoms. The molecule has 0 atom stereocenters. The predicted octanol–water partition coefficient (Wildman–Crippen LogP) is 4.22. The van der Waals surface area contributed by atoms with Crippen LogP contribution < -0.4 is 0 Å². The summed E-state index contributed by atoms with van der Waals surface area (Å²) < 4.78 is 36.5. The van der Waals surface area contributed by atoms with Gasteiger partial charge in [0.05, 0.1) is 0 Å². The predicted molar refractivity (Wildman–Crippen MR) is 66.7 cm³/mol. The quantitative estimate of drug-likeness (QED) is 0.528. The Kier molecular flexibility index (Phi) is 5.80. The Bertz CT molecular complexity index is 563. The molecule has 106 valence electrons. The first-order valence-corrected chi connectivity index (χ1v) is 5.59. The van der Waals surface area contributed by atoms with Crippen LogP contribution in [-0.2, 0) is 23.2 Å². The molecule has 1 heterocycles. The van der Waals surface area contributed by atoms with Crippen LogP contribution in [0.3, 0.4) is 0 Å². The van der Waals surface area contributed by atoms with Gasteiger partial charge in [0.2, 0.25) is 0 Å². The molecule has 0 saturated carbocycles. The molecule has 0 radical (unpaired) electrons. The van der Waals surface area contributed by atoms with Crippen LogP contribution in [0.4, 0.5) is 13.2 Å². The van der Waals surface area contributed by atoms with Crippen molar-refractivity contribution in [3.05, 3.63) is 66.4 Å². The van der Waals surface area contributed by atoms with Crippen molar-refractivity contribution in [3.8, 4) is 11.3 Å². The minimum absolute atomic E-state index is 0. The summed E-state index contributed by atoms with van der Waals surface area (Å²) in [5, 5.41) is 5.54. The second kappa shape index (κ2) is 7.12. The van der Waals surface area contributed by atoms with Gasteiger partial charge in [-0.3, -0.25) is 5.10 Å². The molecular weight excluding hydrogens is 309 g/mol. The van der Waals surface area contributed by atoms with E-state index in [0.29, 0.717) is 11.3 Å². The minimum Gasteiger partial charge on any atom is -0.297 e. The third-order valence-electron chi connectivity index (χ3n) is 2.40. The molecule has 0 aliphatic rings. The topological polar surface area (TPSA) is 28.7 Å². The van der Waals surface area contributed by atoms with Gasteiger partial charge in [-0.2, -0.15) is 48.6 Å². The van der Waals surface area contributed by atoms with E-state index in [-0.39, 0.29) is 17.1 Å². The van der Waals surface area contributed by atoms with Gasteiger partial charge in [0, 0.05) is 0 Å². The zero-order valence-electron chi connectivity index (χ0n) is 10.2. The molecule has 20 heavy (non-hydrogen) atoms. The number of hydrogen-bond acceptors (Lipinski definition) is 1. The number of nitrogens with one attached hydrogen (secondary N) is 1. The van der Waals surface area contributed by atoms with Crippen molar-refractivity contribution in [1.29, 1.82) is 0 Å². The van der Waals surface area contributed by atoms with Crippen LogP contribution in [0.15, 0.2) is 60.7 Å². The second-order valence-electron chi connectivity index (χ2n) is 3.80. The van der Waals surface area contributed by atoms with Crippen LogP contribution in [0.1, 0.15) is 5.69 Å². The fourth-order valence-corrected chi connectivity index (χ4v) is 1.49. The molecule has 0 aliphatic heterocycles. The fraction of sp³-hybridized carbons (Fsp3) is 0.0714. The summed E-state index contributed by atoms with van der Waals surface area (Å²) in [6.07, 6.45) is -4.39. The maximum absolute atomic E-state index is 12.2. The van der Waals surface area contributed by atoms with Gasteiger partial charge in [0.15, 0.2) is 0 Å². The summed E-state index contributed by atoms with van der Waals surface area (Å²) in [7, 11) is 0. The second-order valence-corrected chi connectivity index (χ2v) is 3.80. The summed E-state index contributed by atoms with van der Waals surface area (Å²) >= 11 is 0. The van der Waals surface area contributed by atoms with Crippen molar-refractivity contribution in [2.24, 2.45) is 0 Å². The molecule has 2 aromatic carbocycles. The van der Waals surface area contributed by atoms with Gasteiger partial charge in [0.25, 0.3) is 0 Å². The monoisotopic (exact) mass is 320 g/mol. The van der Waals surface area contributed by atoms with E-state index in [0.717, 1.165) is 6.07 Å². The van der Waals surface area contributed by atoms with E-state index in [1.165, 1.54) is 0 Å². The normalized spacial score (nSPS) is 10.3. The maximum atomic E-state index is 12.2. The van der Waals surface area contributed by atoms with Crippen molar-refractivity contribution in [2.45, 2.75) is 6.18 Å². The molecule has 6 heteroatoms. The third-order valence-corrected chi connectivity index (χ3v) is 2.40. The van der Waals surface area contributed by atoms with E-state index in [9.17, 15) is 13.2 Å². The van der Waals surface area contributed by atoms with Gasteiger partial charge in [-0.05, 0) is 5.69 Å². The van der Waals surface area contributed by atoms with Crippen LogP contribution in [-0.4, -0.2) is 10.2 Å². The number of halogens is 3. The first-order valence-electron chi connectivity index (χ1n) is 5.59.